The second-order valence-electron chi connectivity index (χ2n) is 7.04. The van der Waals surface area contributed by atoms with Gasteiger partial charge in [0.15, 0.2) is 11.5 Å². The summed E-state index contributed by atoms with van der Waals surface area (Å²) in [5.41, 5.74) is 0.612. The third kappa shape index (κ3) is 3.96. The number of fused-ring (bicyclic) bond motifs is 1. The molecule has 148 valence electrons. The fourth-order valence-electron chi connectivity index (χ4n) is 3.78. The van der Waals surface area contributed by atoms with Gasteiger partial charge < -0.3 is 19.7 Å². The molecule has 4 rings (SSSR count). The van der Waals surface area contributed by atoms with Gasteiger partial charge in [-0.15, -0.1) is 11.3 Å². The number of ether oxygens (including phenoxy) is 2. The zero-order chi connectivity index (χ0) is 19.5. The lowest BCUT2D eigenvalue weighted by Gasteiger charge is -2.35. The number of carbonyl (C=O) groups is 2. The fourth-order valence-corrected chi connectivity index (χ4v) is 4.56. The first-order chi connectivity index (χ1) is 13.6. The molecule has 0 saturated carbocycles. The van der Waals surface area contributed by atoms with E-state index in [1.54, 1.807) is 35.7 Å². The predicted octanol–water partition coefficient (Wildman–Crippen LogP) is 2.64. The molecule has 0 bridgehead atoms. The number of nitrogens with zero attached hydrogens (tertiary/aromatic N) is 2. The SMILES string of the molecule is CC(=O)NC(c1nccs1)C1CCN(C(=O)c2ccc3c(c2)OCCO3)CC1. The lowest BCUT2D eigenvalue weighted by Crippen LogP contribution is -2.42. The van der Waals surface area contributed by atoms with Crippen molar-refractivity contribution >= 4 is 23.2 Å². The highest BCUT2D eigenvalue weighted by Crippen LogP contribution is 2.34. The lowest BCUT2D eigenvalue weighted by molar-refractivity contribution is -0.120. The molecule has 1 fully saturated rings. The molecule has 8 heteroatoms. The number of rotatable bonds is 4. The summed E-state index contributed by atoms with van der Waals surface area (Å²) >= 11 is 1.55. The average molecular weight is 401 g/mol. The summed E-state index contributed by atoms with van der Waals surface area (Å²) in [5.74, 6) is 1.51. The normalized spacial score (nSPS) is 17.8. The van der Waals surface area contributed by atoms with Gasteiger partial charge in [0.2, 0.25) is 5.91 Å². The molecule has 1 aromatic heterocycles. The van der Waals surface area contributed by atoms with Crippen molar-refractivity contribution in [2.75, 3.05) is 26.3 Å². The second kappa shape index (κ2) is 8.18. The third-order valence-corrected chi connectivity index (χ3v) is 6.02. The molecule has 1 unspecified atom stereocenters. The van der Waals surface area contributed by atoms with Crippen LogP contribution in [0.3, 0.4) is 0 Å². The lowest BCUT2D eigenvalue weighted by atomic mass is 9.89. The number of amides is 2. The highest BCUT2D eigenvalue weighted by atomic mass is 32.1. The molecule has 2 aliphatic heterocycles. The van der Waals surface area contributed by atoms with Crippen LogP contribution in [0.25, 0.3) is 0 Å². The van der Waals surface area contributed by atoms with Crippen LogP contribution in [0.15, 0.2) is 29.8 Å². The van der Waals surface area contributed by atoms with Gasteiger partial charge in [0.1, 0.15) is 18.2 Å². The summed E-state index contributed by atoms with van der Waals surface area (Å²) in [6.45, 7) is 3.86. The van der Waals surface area contributed by atoms with Gasteiger partial charge in [-0.25, -0.2) is 4.98 Å². The maximum atomic E-state index is 12.9. The molecule has 2 aromatic rings. The van der Waals surface area contributed by atoms with E-state index in [1.807, 2.05) is 10.3 Å². The van der Waals surface area contributed by atoms with E-state index >= 15 is 0 Å². The standard InChI is InChI=1S/C20H23N3O4S/c1-13(24)22-18(19-21-6-11-28-19)14-4-7-23(8-5-14)20(25)15-2-3-16-17(12-15)27-10-9-26-16/h2-3,6,11-12,14,18H,4-5,7-10H2,1H3,(H,22,24). The minimum absolute atomic E-state index is 0.000694. The van der Waals surface area contributed by atoms with Crippen LogP contribution >= 0.6 is 11.3 Å². The van der Waals surface area contributed by atoms with Gasteiger partial charge in [-0.2, -0.15) is 0 Å². The van der Waals surface area contributed by atoms with Crippen molar-refractivity contribution in [3.8, 4) is 11.5 Å². The van der Waals surface area contributed by atoms with Crippen molar-refractivity contribution in [3.05, 3.63) is 40.3 Å². The van der Waals surface area contributed by atoms with Crippen molar-refractivity contribution in [1.29, 1.82) is 0 Å². The average Bonchev–Trinajstić information content (AvgIpc) is 3.26. The maximum Gasteiger partial charge on any atom is 0.253 e. The molecule has 1 atom stereocenters. The molecule has 28 heavy (non-hydrogen) atoms. The van der Waals surface area contributed by atoms with Crippen molar-refractivity contribution in [2.45, 2.75) is 25.8 Å². The Morgan fingerprint density at radius 3 is 2.64 bits per heavy atom. The number of carbonyl (C=O) groups excluding carboxylic acids is 2. The quantitative estimate of drug-likeness (QED) is 0.852. The van der Waals surface area contributed by atoms with Crippen LogP contribution in [0.1, 0.15) is 41.2 Å². The maximum absolute atomic E-state index is 12.9. The minimum Gasteiger partial charge on any atom is -0.486 e. The number of likely N-dealkylation sites (tertiary alicyclic amines) is 1. The molecule has 7 nitrogen and oxygen atoms in total. The second-order valence-corrected chi connectivity index (χ2v) is 7.96. The van der Waals surface area contributed by atoms with Crippen molar-refractivity contribution in [1.82, 2.24) is 15.2 Å². The number of aromatic nitrogens is 1. The van der Waals surface area contributed by atoms with Crippen LogP contribution in [-0.4, -0.2) is 48.0 Å². The number of hydrogen-bond donors (Lipinski definition) is 1. The molecule has 1 saturated heterocycles. The first kappa shape index (κ1) is 18.7. The Kier molecular flexibility index (Phi) is 5.47. The summed E-state index contributed by atoms with van der Waals surface area (Å²) in [4.78, 5) is 30.8. The summed E-state index contributed by atoms with van der Waals surface area (Å²) < 4.78 is 11.1. The number of hydrogen-bond acceptors (Lipinski definition) is 6. The summed E-state index contributed by atoms with van der Waals surface area (Å²) in [5, 5.41) is 5.88. The Morgan fingerprint density at radius 2 is 1.96 bits per heavy atom. The fraction of sp³-hybridized carbons (Fsp3) is 0.450. The highest BCUT2D eigenvalue weighted by Gasteiger charge is 2.32. The predicted molar refractivity (Wildman–Crippen MR) is 105 cm³/mol. The zero-order valence-electron chi connectivity index (χ0n) is 15.7. The summed E-state index contributed by atoms with van der Waals surface area (Å²) in [6.07, 6.45) is 3.40. The Morgan fingerprint density at radius 1 is 1.21 bits per heavy atom. The monoisotopic (exact) mass is 401 g/mol. The van der Waals surface area contributed by atoms with E-state index < -0.39 is 0 Å². The van der Waals surface area contributed by atoms with Gasteiger partial charge in [-0.05, 0) is 37.0 Å². The van der Waals surface area contributed by atoms with E-state index in [9.17, 15) is 9.59 Å². The smallest absolute Gasteiger partial charge is 0.253 e. The molecule has 1 N–H and O–H groups in total. The summed E-state index contributed by atoms with van der Waals surface area (Å²) in [6, 6.07) is 5.25. The van der Waals surface area contributed by atoms with Gasteiger partial charge in [0.05, 0.1) is 6.04 Å². The molecule has 2 amide bonds. The largest absolute Gasteiger partial charge is 0.486 e. The summed E-state index contributed by atoms with van der Waals surface area (Å²) in [7, 11) is 0. The molecule has 0 radical (unpaired) electrons. The van der Waals surface area contributed by atoms with E-state index in [1.165, 1.54) is 6.92 Å². The van der Waals surface area contributed by atoms with Crippen molar-refractivity contribution in [3.63, 3.8) is 0 Å². The number of piperidine rings is 1. The van der Waals surface area contributed by atoms with Crippen molar-refractivity contribution < 1.29 is 19.1 Å². The Hall–Kier alpha value is -2.61. The van der Waals surface area contributed by atoms with Crippen molar-refractivity contribution in [2.24, 2.45) is 5.92 Å². The zero-order valence-corrected chi connectivity index (χ0v) is 16.5. The Bertz CT molecular complexity index is 847. The molecular formula is C20H23N3O4S. The van der Waals surface area contributed by atoms with Crippen LogP contribution < -0.4 is 14.8 Å². The van der Waals surface area contributed by atoms with E-state index in [-0.39, 0.29) is 23.8 Å². The number of benzene rings is 1. The topological polar surface area (TPSA) is 80.8 Å². The molecule has 1 aromatic carbocycles. The molecular weight excluding hydrogens is 378 g/mol. The van der Waals surface area contributed by atoms with E-state index in [2.05, 4.69) is 10.3 Å². The van der Waals surface area contributed by atoms with E-state index in [0.29, 0.717) is 43.4 Å². The third-order valence-electron chi connectivity index (χ3n) is 5.16. The first-order valence-electron chi connectivity index (χ1n) is 9.47. The Balaban J connectivity index is 1.42. The number of thiazole rings is 1. The minimum atomic E-state index is -0.0935. The van der Waals surface area contributed by atoms with Crippen LogP contribution in [0.4, 0.5) is 0 Å². The van der Waals surface area contributed by atoms with Gasteiger partial charge >= 0.3 is 0 Å². The highest BCUT2D eigenvalue weighted by molar-refractivity contribution is 7.09. The van der Waals surface area contributed by atoms with Gasteiger partial charge in [-0.1, -0.05) is 0 Å². The van der Waals surface area contributed by atoms with Gasteiger partial charge in [0.25, 0.3) is 5.91 Å². The molecule has 2 aliphatic rings. The van der Waals surface area contributed by atoms with Gasteiger partial charge in [0, 0.05) is 37.2 Å². The molecule has 0 aliphatic carbocycles. The van der Waals surface area contributed by atoms with Gasteiger partial charge in [-0.3, -0.25) is 9.59 Å². The van der Waals surface area contributed by atoms with Crippen LogP contribution in [0.2, 0.25) is 0 Å². The van der Waals surface area contributed by atoms with Crippen LogP contribution in [0, 0.1) is 5.92 Å². The van der Waals surface area contributed by atoms with E-state index in [4.69, 9.17) is 9.47 Å². The first-order valence-corrected chi connectivity index (χ1v) is 10.3. The van der Waals surface area contributed by atoms with Crippen LogP contribution in [0.5, 0.6) is 11.5 Å². The van der Waals surface area contributed by atoms with Crippen LogP contribution in [-0.2, 0) is 4.79 Å². The molecule has 3 heterocycles. The van der Waals surface area contributed by atoms with E-state index in [0.717, 1.165) is 17.8 Å². The molecule has 0 spiro atoms. The number of nitrogens with one attached hydrogen (secondary N) is 1. The Labute approximate surface area is 167 Å².